The second-order valence-electron chi connectivity index (χ2n) is 7.66. The molecule has 6 heteroatoms. The fourth-order valence-electron chi connectivity index (χ4n) is 2.99. The van der Waals surface area contributed by atoms with Gasteiger partial charge in [0.1, 0.15) is 0 Å². The number of nitrogens with zero attached hydrogens (tertiary/aromatic N) is 2. The molecule has 0 saturated carbocycles. The number of nitrogens with one attached hydrogen (secondary N) is 1. The summed E-state index contributed by atoms with van der Waals surface area (Å²) >= 11 is 1.29. The minimum atomic E-state index is -0.122. The molecule has 1 N–H and O–H groups in total. The van der Waals surface area contributed by atoms with Gasteiger partial charge < -0.3 is 5.32 Å². The molecule has 29 heavy (non-hydrogen) atoms. The molecular formula is C23H27N3O2S. The van der Waals surface area contributed by atoms with Gasteiger partial charge in [-0.3, -0.25) is 14.2 Å². The molecule has 5 nitrogen and oxygen atoms in total. The van der Waals surface area contributed by atoms with Gasteiger partial charge in [-0.1, -0.05) is 49.9 Å². The number of hydrogen-bond acceptors (Lipinski definition) is 4. The first-order valence-corrected chi connectivity index (χ1v) is 10.8. The van der Waals surface area contributed by atoms with E-state index in [1.165, 1.54) is 11.8 Å². The van der Waals surface area contributed by atoms with Crippen molar-refractivity contribution in [2.24, 2.45) is 5.92 Å². The van der Waals surface area contributed by atoms with Crippen LogP contribution in [0.25, 0.3) is 16.6 Å². The molecule has 152 valence electrons. The molecule has 3 aromatic rings. The highest BCUT2D eigenvalue weighted by atomic mass is 32.2. The highest BCUT2D eigenvalue weighted by molar-refractivity contribution is 7.99. The number of rotatable bonds is 6. The normalized spacial score (nSPS) is 12.3. The summed E-state index contributed by atoms with van der Waals surface area (Å²) in [6.45, 7) is 10.2. The topological polar surface area (TPSA) is 64.0 Å². The highest BCUT2D eigenvalue weighted by Gasteiger charge is 2.17. The standard InChI is InChI=1S/C23H27N3O2S/c1-14(2)17(5)24-21(27)13-29-23-25-19-11-7-6-10-18(19)22(28)26(23)20-12-8-9-15(3)16(20)4/h6-12,14,17H,13H2,1-5H3,(H,24,27)/t17-/m0/s1. The lowest BCUT2D eigenvalue weighted by Gasteiger charge is -2.18. The van der Waals surface area contributed by atoms with Crippen LogP contribution in [0.5, 0.6) is 0 Å². The Kier molecular flexibility index (Phi) is 6.42. The molecule has 1 aromatic heterocycles. The fraction of sp³-hybridized carbons (Fsp3) is 0.348. The number of benzene rings is 2. The molecule has 0 radical (unpaired) electrons. The van der Waals surface area contributed by atoms with E-state index in [9.17, 15) is 9.59 Å². The molecule has 0 spiro atoms. The van der Waals surface area contributed by atoms with Crippen LogP contribution >= 0.6 is 11.8 Å². The Labute approximate surface area is 175 Å². The van der Waals surface area contributed by atoms with E-state index in [4.69, 9.17) is 4.98 Å². The number of fused-ring (bicyclic) bond motifs is 1. The average molecular weight is 410 g/mol. The zero-order valence-electron chi connectivity index (χ0n) is 17.5. The molecule has 0 fully saturated rings. The largest absolute Gasteiger partial charge is 0.353 e. The predicted molar refractivity (Wildman–Crippen MR) is 120 cm³/mol. The molecule has 0 saturated heterocycles. The third kappa shape index (κ3) is 4.53. The van der Waals surface area contributed by atoms with Crippen LogP contribution in [0.4, 0.5) is 0 Å². The number of aryl methyl sites for hydroxylation is 1. The van der Waals surface area contributed by atoms with E-state index in [-0.39, 0.29) is 23.3 Å². The Morgan fingerprint density at radius 1 is 1.10 bits per heavy atom. The second kappa shape index (κ2) is 8.82. The van der Waals surface area contributed by atoms with Gasteiger partial charge in [0, 0.05) is 6.04 Å². The van der Waals surface area contributed by atoms with Gasteiger partial charge in [0.25, 0.3) is 5.56 Å². The van der Waals surface area contributed by atoms with E-state index in [1.54, 1.807) is 10.6 Å². The van der Waals surface area contributed by atoms with Crippen molar-refractivity contribution in [3.05, 3.63) is 63.9 Å². The Morgan fingerprint density at radius 3 is 2.55 bits per heavy atom. The van der Waals surface area contributed by atoms with Crippen molar-refractivity contribution in [1.29, 1.82) is 0 Å². The van der Waals surface area contributed by atoms with E-state index in [0.717, 1.165) is 16.8 Å². The minimum Gasteiger partial charge on any atom is -0.353 e. The molecule has 0 aliphatic rings. The van der Waals surface area contributed by atoms with Gasteiger partial charge in [0.15, 0.2) is 5.16 Å². The highest BCUT2D eigenvalue weighted by Crippen LogP contribution is 2.24. The van der Waals surface area contributed by atoms with E-state index in [2.05, 4.69) is 19.2 Å². The third-order valence-corrected chi connectivity index (χ3v) is 6.22. The second-order valence-corrected chi connectivity index (χ2v) is 8.60. The lowest BCUT2D eigenvalue weighted by atomic mass is 10.1. The van der Waals surface area contributed by atoms with Gasteiger partial charge in [-0.2, -0.15) is 0 Å². The van der Waals surface area contributed by atoms with E-state index >= 15 is 0 Å². The Hall–Kier alpha value is -2.60. The predicted octanol–water partition coefficient (Wildman–Crippen LogP) is 4.26. The first-order valence-electron chi connectivity index (χ1n) is 9.80. The van der Waals surface area contributed by atoms with Crippen LogP contribution in [0.15, 0.2) is 52.4 Å². The quantitative estimate of drug-likeness (QED) is 0.488. The molecule has 0 bridgehead atoms. The first kappa shape index (κ1) is 21.1. The molecule has 0 aliphatic carbocycles. The van der Waals surface area contributed by atoms with Crippen molar-refractivity contribution in [3.8, 4) is 5.69 Å². The summed E-state index contributed by atoms with van der Waals surface area (Å²) in [7, 11) is 0. The van der Waals surface area contributed by atoms with Crippen LogP contribution in [0, 0.1) is 19.8 Å². The zero-order valence-corrected chi connectivity index (χ0v) is 18.3. The first-order chi connectivity index (χ1) is 13.8. The van der Waals surface area contributed by atoms with Crippen molar-refractivity contribution in [1.82, 2.24) is 14.9 Å². The van der Waals surface area contributed by atoms with Crippen LogP contribution in [0.1, 0.15) is 31.9 Å². The van der Waals surface area contributed by atoms with Gasteiger partial charge in [0.2, 0.25) is 5.91 Å². The molecule has 0 aliphatic heterocycles. The number of carbonyl (C=O) groups excluding carboxylic acids is 1. The van der Waals surface area contributed by atoms with Crippen molar-refractivity contribution in [2.75, 3.05) is 5.75 Å². The number of para-hydroxylation sites is 1. The van der Waals surface area contributed by atoms with Crippen LogP contribution in [-0.2, 0) is 4.79 Å². The minimum absolute atomic E-state index is 0.0638. The molecular weight excluding hydrogens is 382 g/mol. The van der Waals surface area contributed by atoms with Crippen LogP contribution in [0.2, 0.25) is 0 Å². The van der Waals surface area contributed by atoms with Crippen molar-refractivity contribution >= 4 is 28.6 Å². The van der Waals surface area contributed by atoms with E-state index < -0.39 is 0 Å². The Bertz CT molecular complexity index is 1100. The number of amides is 1. The van der Waals surface area contributed by atoms with Crippen molar-refractivity contribution in [3.63, 3.8) is 0 Å². The zero-order chi connectivity index (χ0) is 21.1. The van der Waals surface area contributed by atoms with E-state index in [1.807, 2.05) is 57.2 Å². The van der Waals surface area contributed by atoms with Gasteiger partial charge in [-0.05, 0) is 56.0 Å². The van der Waals surface area contributed by atoms with Crippen molar-refractivity contribution < 1.29 is 4.79 Å². The van der Waals surface area contributed by atoms with Crippen LogP contribution < -0.4 is 10.9 Å². The molecule has 3 rings (SSSR count). The molecule has 1 atom stereocenters. The summed E-state index contributed by atoms with van der Waals surface area (Å²) in [6.07, 6.45) is 0. The summed E-state index contributed by atoms with van der Waals surface area (Å²) in [5.74, 6) is 0.495. The maximum absolute atomic E-state index is 13.3. The summed E-state index contributed by atoms with van der Waals surface area (Å²) in [6, 6.07) is 13.3. The van der Waals surface area contributed by atoms with Crippen LogP contribution in [-0.4, -0.2) is 27.3 Å². The van der Waals surface area contributed by atoms with E-state index in [0.29, 0.717) is 22.0 Å². The third-order valence-electron chi connectivity index (χ3n) is 5.28. The average Bonchev–Trinajstić information content (AvgIpc) is 2.69. The molecule has 1 heterocycles. The Morgan fingerprint density at radius 2 is 1.83 bits per heavy atom. The summed E-state index contributed by atoms with van der Waals surface area (Å²) in [5, 5.41) is 4.09. The molecule has 2 aromatic carbocycles. The van der Waals surface area contributed by atoms with Gasteiger partial charge in [-0.15, -0.1) is 0 Å². The maximum Gasteiger partial charge on any atom is 0.266 e. The lowest BCUT2D eigenvalue weighted by Crippen LogP contribution is -2.37. The molecule has 0 unspecified atom stereocenters. The van der Waals surface area contributed by atoms with Gasteiger partial charge in [-0.25, -0.2) is 4.98 Å². The number of carbonyl (C=O) groups is 1. The number of thioether (sulfide) groups is 1. The van der Waals surface area contributed by atoms with Gasteiger partial charge >= 0.3 is 0 Å². The Balaban J connectivity index is 2.05. The summed E-state index contributed by atoms with van der Waals surface area (Å²) in [4.78, 5) is 30.5. The van der Waals surface area contributed by atoms with Crippen LogP contribution in [0.3, 0.4) is 0 Å². The molecule has 1 amide bonds. The number of hydrogen-bond donors (Lipinski definition) is 1. The van der Waals surface area contributed by atoms with Gasteiger partial charge in [0.05, 0.1) is 22.3 Å². The summed E-state index contributed by atoms with van der Waals surface area (Å²) < 4.78 is 1.63. The number of aromatic nitrogens is 2. The maximum atomic E-state index is 13.3. The van der Waals surface area contributed by atoms with Crippen molar-refractivity contribution in [2.45, 2.75) is 45.8 Å². The fourth-order valence-corrected chi connectivity index (χ4v) is 3.81. The summed E-state index contributed by atoms with van der Waals surface area (Å²) in [5.41, 5.74) is 3.43. The monoisotopic (exact) mass is 409 g/mol. The smallest absolute Gasteiger partial charge is 0.266 e. The lowest BCUT2D eigenvalue weighted by molar-refractivity contribution is -0.119. The SMILES string of the molecule is Cc1cccc(-n2c(SCC(=O)N[C@@H](C)C(C)C)nc3ccccc3c2=O)c1C.